The monoisotopic (exact) mass is 180 g/mol. The molecule has 0 saturated heterocycles. The summed E-state index contributed by atoms with van der Waals surface area (Å²) in [5.74, 6) is -0.132. The SMILES string of the molecule is C=CCC.CCCS(=O)(=O)O. The van der Waals surface area contributed by atoms with Gasteiger partial charge in [-0.15, -0.1) is 6.58 Å². The van der Waals surface area contributed by atoms with Crippen molar-refractivity contribution < 1.29 is 13.0 Å². The molecule has 0 radical (unpaired) electrons. The minimum Gasteiger partial charge on any atom is -0.286 e. The van der Waals surface area contributed by atoms with Crippen LogP contribution in [0.2, 0.25) is 0 Å². The lowest BCUT2D eigenvalue weighted by Gasteiger charge is -1.85. The first-order valence-electron chi connectivity index (χ1n) is 3.54. The molecule has 0 bridgehead atoms. The second-order valence-electron chi connectivity index (χ2n) is 1.98. The van der Waals surface area contributed by atoms with Crippen molar-refractivity contribution >= 4 is 10.1 Å². The Balaban J connectivity index is 0. The van der Waals surface area contributed by atoms with Crippen LogP contribution in [0.1, 0.15) is 26.7 Å². The second kappa shape index (κ2) is 7.75. The Morgan fingerprint density at radius 3 is 1.82 bits per heavy atom. The van der Waals surface area contributed by atoms with E-state index in [1.165, 1.54) is 0 Å². The lowest BCUT2D eigenvalue weighted by Crippen LogP contribution is -2.01. The van der Waals surface area contributed by atoms with Gasteiger partial charge in [-0.3, -0.25) is 4.55 Å². The fourth-order valence-corrected chi connectivity index (χ4v) is 0.774. The molecule has 1 N–H and O–H groups in total. The van der Waals surface area contributed by atoms with Crippen molar-refractivity contribution in [3.63, 3.8) is 0 Å². The van der Waals surface area contributed by atoms with Crippen molar-refractivity contribution in [1.82, 2.24) is 0 Å². The Hall–Kier alpha value is -0.350. The molecule has 0 fully saturated rings. The van der Waals surface area contributed by atoms with Crippen LogP contribution in [0.15, 0.2) is 12.7 Å². The maximum Gasteiger partial charge on any atom is 0.264 e. The zero-order valence-corrected chi connectivity index (χ0v) is 7.89. The number of allylic oxidation sites excluding steroid dienone is 1. The molecule has 0 aliphatic heterocycles. The molecule has 4 heteroatoms. The standard InChI is InChI=1S/C4H8.C3H8O3S/c1-3-4-2;1-2-3-7(4,5)6/h3H,1,4H2,2H3;2-3H2,1H3,(H,4,5,6). The fraction of sp³-hybridized carbons (Fsp3) is 0.714. The molecule has 11 heavy (non-hydrogen) atoms. The fourth-order valence-electron chi connectivity index (χ4n) is 0.258. The first-order chi connectivity index (χ1) is 4.97. The van der Waals surface area contributed by atoms with Gasteiger partial charge < -0.3 is 0 Å². The van der Waals surface area contributed by atoms with E-state index >= 15 is 0 Å². The molecule has 0 heterocycles. The van der Waals surface area contributed by atoms with Gasteiger partial charge in [0.2, 0.25) is 0 Å². The summed E-state index contributed by atoms with van der Waals surface area (Å²) in [6.45, 7) is 7.23. The normalized spacial score (nSPS) is 9.73. The zero-order valence-electron chi connectivity index (χ0n) is 7.08. The lowest BCUT2D eigenvalue weighted by atomic mass is 10.5. The highest BCUT2D eigenvalue weighted by molar-refractivity contribution is 7.85. The Morgan fingerprint density at radius 2 is 1.82 bits per heavy atom. The predicted octanol–water partition coefficient (Wildman–Crippen LogP) is 1.87. The van der Waals surface area contributed by atoms with Gasteiger partial charge in [0, 0.05) is 0 Å². The molecular formula is C7H16O3S. The summed E-state index contributed by atoms with van der Waals surface area (Å²) >= 11 is 0. The van der Waals surface area contributed by atoms with Crippen LogP contribution in [0.25, 0.3) is 0 Å². The molecule has 0 rings (SSSR count). The summed E-state index contributed by atoms with van der Waals surface area (Å²) in [6.07, 6.45) is 3.43. The van der Waals surface area contributed by atoms with Crippen molar-refractivity contribution in [2.75, 3.05) is 5.75 Å². The lowest BCUT2D eigenvalue weighted by molar-refractivity contribution is 0.482. The quantitative estimate of drug-likeness (QED) is 0.533. The summed E-state index contributed by atoms with van der Waals surface area (Å²) < 4.78 is 27.6. The molecule has 0 atom stereocenters. The van der Waals surface area contributed by atoms with Crippen LogP contribution in [0.4, 0.5) is 0 Å². The van der Waals surface area contributed by atoms with Crippen LogP contribution in [-0.4, -0.2) is 18.7 Å². The molecule has 0 aromatic rings. The highest BCUT2D eigenvalue weighted by atomic mass is 32.2. The summed E-state index contributed by atoms with van der Waals surface area (Å²) in [5.41, 5.74) is 0. The summed E-state index contributed by atoms with van der Waals surface area (Å²) in [5, 5.41) is 0. The van der Waals surface area contributed by atoms with Crippen molar-refractivity contribution in [3.05, 3.63) is 12.7 Å². The average Bonchev–Trinajstić information content (AvgIpc) is 1.86. The highest BCUT2D eigenvalue weighted by Crippen LogP contribution is 1.83. The van der Waals surface area contributed by atoms with Gasteiger partial charge in [-0.2, -0.15) is 8.42 Å². The topological polar surface area (TPSA) is 54.4 Å². The Morgan fingerprint density at radius 1 is 1.45 bits per heavy atom. The van der Waals surface area contributed by atoms with Crippen LogP contribution >= 0.6 is 0 Å². The molecule has 68 valence electrons. The van der Waals surface area contributed by atoms with E-state index in [-0.39, 0.29) is 5.75 Å². The van der Waals surface area contributed by atoms with E-state index in [0.29, 0.717) is 6.42 Å². The van der Waals surface area contributed by atoms with Crippen LogP contribution in [0, 0.1) is 0 Å². The minimum atomic E-state index is -3.67. The largest absolute Gasteiger partial charge is 0.286 e. The Kier molecular flexibility index (Phi) is 9.34. The first kappa shape index (κ1) is 13.3. The van der Waals surface area contributed by atoms with Crippen molar-refractivity contribution in [2.24, 2.45) is 0 Å². The van der Waals surface area contributed by atoms with E-state index in [1.54, 1.807) is 6.92 Å². The molecule has 3 nitrogen and oxygen atoms in total. The smallest absolute Gasteiger partial charge is 0.264 e. The van der Waals surface area contributed by atoms with Crippen LogP contribution in [0.5, 0.6) is 0 Å². The van der Waals surface area contributed by atoms with Crippen molar-refractivity contribution in [2.45, 2.75) is 26.7 Å². The van der Waals surface area contributed by atoms with Gasteiger partial charge in [0.05, 0.1) is 5.75 Å². The molecule has 0 spiro atoms. The van der Waals surface area contributed by atoms with E-state index < -0.39 is 10.1 Å². The van der Waals surface area contributed by atoms with E-state index in [0.717, 1.165) is 6.42 Å². The molecule has 0 aliphatic rings. The van der Waals surface area contributed by atoms with Gasteiger partial charge in [-0.05, 0) is 12.8 Å². The summed E-state index contributed by atoms with van der Waals surface area (Å²) in [7, 11) is -3.67. The maximum atomic E-state index is 9.79. The number of rotatable bonds is 3. The van der Waals surface area contributed by atoms with Gasteiger partial charge in [-0.1, -0.05) is 19.9 Å². The van der Waals surface area contributed by atoms with E-state index in [9.17, 15) is 8.42 Å². The molecule has 0 aliphatic carbocycles. The zero-order chi connectivity index (χ0) is 9.33. The molecule has 0 aromatic carbocycles. The molecule has 0 aromatic heterocycles. The van der Waals surface area contributed by atoms with Gasteiger partial charge >= 0.3 is 0 Å². The molecule has 0 amide bonds. The van der Waals surface area contributed by atoms with Crippen LogP contribution < -0.4 is 0 Å². The van der Waals surface area contributed by atoms with Gasteiger partial charge in [-0.25, -0.2) is 0 Å². The summed E-state index contributed by atoms with van der Waals surface area (Å²) in [4.78, 5) is 0. The number of hydrogen-bond acceptors (Lipinski definition) is 2. The van der Waals surface area contributed by atoms with E-state index in [1.807, 2.05) is 6.08 Å². The summed E-state index contributed by atoms with van der Waals surface area (Å²) in [6, 6.07) is 0. The van der Waals surface area contributed by atoms with Crippen molar-refractivity contribution in [3.8, 4) is 0 Å². The average molecular weight is 180 g/mol. The van der Waals surface area contributed by atoms with E-state index in [2.05, 4.69) is 13.5 Å². The van der Waals surface area contributed by atoms with E-state index in [4.69, 9.17) is 4.55 Å². The predicted molar refractivity (Wildman–Crippen MR) is 47.2 cm³/mol. The first-order valence-corrected chi connectivity index (χ1v) is 5.14. The van der Waals surface area contributed by atoms with Crippen LogP contribution in [0.3, 0.4) is 0 Å². The van der Waals surface area contributed by atoms with Crippen molar-refractivity contribution in [1.29, 1.82) is 0 Å². The van der Waals surface area contributed by atoms with Gasteiger partial charge in [0.25, 0.3) is 10.1 Å². The van der Waals surface area contributed by atoms with Gasteiger partial charge in [0.1, 0.15) is 0 Å². The Bertz CT molecular complexity index is 170. The Labute approximate surface area is 68.9 Å². The molecular weight excluding hydrogens is 164 g/mol. The molecule has 0 saturated carbocycles. The van der Waals surface area contributed by atoms with Gasteiger partial charge in [0.15, 0.2) is 0 Å². The highest BCUT2D eigenvalue weighted by Gasteiger charge is 1.98. The van der Waals surface area contributed by atoms with Crippen LogP contribution in [-0.2, 0) is 10.1 Å². The number of hydrogen-bond donors (Lipinski definition) is 1. The maximum absolute atomic E-state index is 9.79. The minimum absolute atomic E-state index is 0.132. The third-order valence-corrected chi connectivity index (χ3v) is 1.67. The molecule has 0 unspecified atom stereocenters. The third kappa shape index (κ3) is 26.1. The second-order valence-corrected chi connectivity index (χ2v) is 3.56. The third-order valence-electron chi connectivity index (χ3n) is 0.751.